The molecule has 0 saturated carbocycles. The van der Waals surface area contributed by atoms with E-state index in [2.05, 4.69) is 10.6 Å². The van der Waals surface area contributed by atoms with Gasteiger partial charge in [0.15, 0.2) is 0 Å². The molecule has 9 heteroatoms. The summed E-state index contributed by atoms with van der Waals surface area (Å²) in [4.78, 5) is 35.7. The van der Waals surface area contributed by atoms with Crippen LogP contribution in [-0.2, 0) is 27.2 Å². The number of halogens is 2. The zero-order chi connectivity index (χ0) is 21.6. The summed E-state index contributed by atoms with van der Waals surface area (Å²) in [5.41, 5.74) is 0.684. The third-order valence-electron chi connectivity index (χ3n) is 4.05. The van der Waals surface area contributed by atoms with Crippen molar-refractivity contribution in [2.45, 2.75) is 31.8 Å². The standard InChI is InChI=1S/C20H20F2N2O5/c1-11(23-18(26)9-13-6-14(21)10-15(22)7-13)19(27)24-17(20(28)29)8-12-2-4-16(25)5-3-12/h2-7,10-11,17,25H,8-9H2,1H3,(H,23,26)(H,24,27)(H,28,29)/t11-,17-/m0/s1. The molecule has 29 heavy (non-hydrogen) atoms. The molecule has 2 aromatic rings. The van der Waals surface area contributed by atoms with Crippen molar-refractivity contribution in [3.05, 3.63) is 65.2 Å². The van der Waals surface area contributed by atoms with Gasteiger partial charge in [0.2, 0.25) is 11.8 Å². The molecule has 2 rings (SSSR count). The summed E-state index contributed by atoms with van der Waals surface area (Å²) in [6.45, 7) is 1.36. The monoisotopic (exact) mass is 406 g/mol. The summed E-state index contributed by atoms with van der Waals surface area (Å²) in [6, 6.07) is 6.23. The fourth-order valence-corrected chi connectivity index (χ4v) is 2.62. The predicted octanol–water partition coefficient (Wildman–Crippen LogP) is 1.53. The molecule has 0 fully saturated rings. The van der Waals surface area contributed by atoms with Crippen LogP contribution in [0.25, 0.3) is 0 Å². The number of carboxylic acid groups (broad SMARTS) is 1. The molecule has 0 unspecified atom stereocenters. The van der Waals surface area contributed by atoms with Crippen molar-refractivity contribution >= 4 is 17.8 Å². The summed E-state index contributed by atoms with van der Waals surface area (Å²) >= 11 is 0. The lowest BCUT2D eigenvalue weighted by molar-refractivity contribution is -0.142. The first-order valence-corrected chi connectivity index (χ1v) is 8.69. The number of phenolic OH excluding ortho intramolecular Hbond substituents is 1. The number of phenols is 1. The first kappa shape index (κ1) is 21.8. The number of nitrogens with one attached hydrogen (secondary N) is 2. The molecule has 0 aromatic heterocycles. The minimum absolute atomic E-state index is 0.0232. The van der Waals surface area contributed by atoms with Gasteiger partial charge in [-0.05, 0) is 42.3 Å². The van der Waals surface area contributed by atoms with Gasteiger partial charge in [-0.15, -0.1) is 0 Å². The molecule has 2 atom stereocenters. The Balaban J connectivity index is 1.93. The molecule has 4 N–H and O–H groups in total. The molecule has 0 saturated heterocycles. The molecule has 0 aliphatic heterocycles. The lowest BCUT2D eigenvalue weighted by Gasteiger charge is -2.19. The lowest BCUT2D eigenvalue weighted by Crippen LogP contribution is -2.51. The molecule has 0 spiro atoms. The van der Waals surface area contributed by atoms with Crippen molar-refractivity contribution in [2.75, 3.05) is 0 Å². The van der Waals surface area contributed by atoms with Gasteiger partial charge in [-0.25, -0.2) is 13.6 Å². The number of aliphatic carboxylic acids is 1. The van der Waals surface area contributed by atoms with Crippen molar-refractivity contribution in [1.82, 2.24) is 10.6 Å². The molecule has 0 bridgehead atoms. The molecule has 154 valence electrons. The third-order valence-corrected chi connectivity index (χ3v) is 4.05. The SMILES string of the molecule is C[C@H](NC(=O)Cc1cc(F)cc(F)c1)C(=O)N[C@@H](Cc1ccc(O)cc1)C(=O)O. The third kappa shape index (κ3) is 6.87. The zero-order valence-corrected chi connectivity index (χ0v) is 15.5. The van der Waals surface area contributed by atoms with Gasteiger partial charge in [-0.1, -0.05) is 12.1 Å². The molecule has 0 aliphatic carbocycles. The van der Waals surface area contributed by atoms with E-state index in [4.69, 9.17) is 0 Å². The van der Waals surface area contributed by atoms with Crippen LogP contribution in [0.15, 0.2) is 42.5 Å². The molecular formula is C20H20F2N2O5. The van der Waals surface area contributed by atoms with E-state index in [0.29, 0.717) is 11.6 Å². The Morgan fingerprint density at radius 3 is 2.10 bits per heavy atom. The Bertz CT molecular complexity index is 882. The quantitative estimate of drug-likeness (QED) is 0.531. The average Bonchev–Trinajstić information content (AvgIpc) is 2.61. The maximum Gasteiger partial charge on any atom is 0.326 e. The molecule has 0 aliphatic rings. The highest BCUT2D eigenvalue weighted by molar-refractivity contribution is 5.90. The molecule has 7 nitrogen and oxygen atoms in total. The van der Waals surface area contributed by atoms with E-state index < -0.39 is 41.5 Å². The Kier molecular flexibility index (Phi) is 7.24. The van der Waals surface area contributed by atoms with Crippen LogP contribution in [0.4, 0.5) is 8.78 Å². The first-order chi connectivity index (χ1) is 13.6. The van der Waals surface area contributed by atoms with Crippen LogP contribution in [0.2, 0.25) is 0 Å². The summed E-state index contributed by atoms with van der Waals surface area (Å²) in [7, 11) is 0. The van der Waals surface area contributed by atoms with Gasteiger partial charge < -0.3 is 20.8 Å². The van der Waals surface area contributed by atoms with Gasteiger partial charge in [0, 0.05) is 12.5 Å². The number of benzene rings is 2. The second-order valence-corrected chi connectivity index (χ2v) is 6.51. The second kappa shape index (κ2) is 9.63. The van der Waals surface area contributed by atoms with Gasteiger partial charge in [-0.2, -0.15) is 0 Å². The summed E-state index contributed by atoms with van der Waals surface area (Å²) in [5, 5.41) is 23.3. The highest BCUT2D eigenvalue weighted by atomic mass is 19.1. The molecular weight excluding hydrogens is 386 g/mol. The van der Waals surface area contributed by atoms with Crippen LogP contribution in [-0.4, -0.2) is 40.1 Å². The summed E-state index contributed by atoms with van der Waals surface area (Å²) < 4.78 is 26.4. The van der Waals surface area contributed by atoms with Gasteiger partial charge >= 0.3 is 5.97 Å². The average molecular weight is 406 g/mol. The van der Waals surface area contributed by atoms with E-state index in [1.807, 2.05) is 0 Å². The highest BCUT2D eigenvalue weighted by Crippen LogP contribution is 2.12. The molecule has 0 radical (unpaired) electrons. The first-order valence-electron chi connectivity index (χ1n) is 8.69. The van der Waals surface area contributed by atoms with E-state index in [9.17, 15) is 33.4 Å². The van der Waals surface area contributed by atoms with E-state index in [1.54, 1.807) is 0 Å². The van der Waals surface area contributed by atoms with Crippen LogP contribution in [0.5, 0.6) is 5.75 Å². The number of hydrogen-bond donors (Lipinski definition) is 4. The maximum absolute atomic E-state index is 13.2. The number of carboxylic acids is 1. The van der Waals surface area contributed by atoms with Crippen molar-refractivity contribution < 1.29 is 33.4 Å². The maximum atomic E-state index is 13.2. The molecule has 0 heterocycles. The van der Waals surface area contributed by atoms with E-state index >= 15 is 0 Å². The summed E-state index contributed by atoms with van der Waals surface area (Å²) in [6.07, 6.45) is -0.368. The number of aromatic hydroxyl groups is 1. The van der Waals surface area contributed by atoms with Crippen LogP contribution in [0.3, 0.4) is 0 Å². The van der Waals surface area contributed by atoms with Crippen LogP contribution in [0, 0.1) is 11.6 Å². The van der Waals surface area contributed by atoms with Gasteiger partial charge in [0.25, 0.3) is 0 Å². The van der Waals surface area contributed by atoms with E-state index in [1.165, 1.54) is 31.2 Å². The number of carbonyl (C=O) groups excluding carboxylic acids is 2. The number of rotatable bonds is 8. The second-order valence-electron chi connectivity index (χ2n) is 6.51. The topological polar surface area (TPSA) is 116 Å². The van der Waals surface area contributed by atoms with E-state index in [0.717, 1.165) is 12.1 Å². The van der Waals surface area contributed by atoms with Crippen LogP contribution >= 0.6 is 0 Å². The number of amides is 2. The largest absolute Gasteiger partial charge is 0.508 e. The Morgan fingerprint density at radius 1 is 0.966 bits per heavy atom. The number of carbonyl (C=O) groups is 3. The fourth-order valence-electron chi connectivity index (χ4n) is 2.62. The van der Waals surface area contributed by atoms with Crippen LogP contribution in [0.1, 0.15) is 18.1 Å². The van der Waals surface area contributed by atoms with Gasteiger partial charge in [-0.3, -0.25) is 9.59 Å². The van der Waals surface area contributed by atoms with Crippen molar-refractivity contribution in [2.24, 2.45) is 0 Å². The lowest BCUT2D eigenvalue weighted by atomic mass is 10.1. The van der Waals surface area contributed by atoms with Crippen molar-refractivity contribution in [3.8, 4) is 5.75 Å². The highest BCUT2D eigenvalue weighted by Gasteiger charge is 2.24. The summed E-state index contributed by atoms with van der Waals surface area (Å²) in [5.74, 6) is -4.26. The van der Waals surface area contributed by atoms with Crippen molar-refractivity contribution in [3.63, 3.8) is 0 Å². The minimum Gasteiger partial charge on any atom is -0.508 e. The molecule has 2 amide bonds. The normalized spacial score (nSPS) is 12.7. The Labute approximate surface area is 165 Å². The Hall–Kier alpha value is -3.49. The van der Waals surface area contributed by atoms with E-state index in [-0.39, 0.29) is 24.2 Å². The smallest absolute Gasteiger partial charge is 0.326 e. The van der Waals surface area contributed by atoms with Gasteiger partial charge in [0.05, 0.1) is 6.42 Å². The van der Waals surface area contributed by atoms with Crippen molar-refractivity contribution in [1.29, 1.82) is 0 Å². The number of hydrogen-bond acceptors (Lipinski definition) is 4. The van der Waals surface area contributed by atoms with Gasteiger partial charge in [0.1, 0.15) is 29.5 Å². The fraction of sp³-hybridized carbons (Fsp3) is 0.250. The Morgan fingerprint density at radius 2 is 1.55 bits per heavy atom. The molecule has 2 aromatic carbocycles. The minimum atomic E-state index is -1.26. The predicted molar refractivity (Wildman–Crippen MR) is 99.0 cm³/mol. The van der Waals surface area contributed by atoms with Crippen LogP contribution < -0.4 is 10.6 Å². The zero-order valence-electron chi connectivity index (χ0n) is 15.5.